The lowest BCUT2D eigenvalue weighted by molar-refractivity contribution is -0.141. The number of carbonyl (C=O) groups is 1. The summed E-state index contributed by atoms with van der Waals surface area (Å²) in [5, 5.41) is 0. The van der Waals surface area contributed by atoms with Crippen LogP contribution in [0.3, 0.4) is 0 Å². The molecule has 7 heteroatoms. The first-order valence-corrected chi connectivity index (χ1v) is 9.64. The van der Waals surface area contributed by atoms with E-state index in [0.29, 0.717) is 13.2 Å². The first-order valence-electron chi connectivity index (χ1n) is 8.49. The molecule has 1 heterocycles. The van der Waals surface area contributed by atoms with Crippen molar-refractivity contribution in [1.82, 2.24) is 4.72 Å². The maximum absolute atomic E-state index is 12.5. The Morgan fingerprint density at radius 1 is 1.36 bits per heavy atom. The average Bonchev–Trinajstić information content (AvgIpc) is 2.61. The highest BCUT2D eigenvalue weighted by Gasteiger charge is 2.26. The number of esters is 1. The number of benzene rings is 1. The van der Waals surface area contributed by atoms with Crippen LogP contribution in [0.1, 0.15) is 38.8 Å². The summed E-state index contributed by atoms with van der Waals surface area (Å²) in [5.41, 5.74) is 2.01. The predicted octanol–water partition coefficient (Wildman–Crippen LogP) is 2.18. The lowest BCUT2D eigenvalue weighted by Crippen LogP contribution is -2.37. The summed E-state index contributed by atoms with van der Waals surface area (Å²) >= 11 is 0. The fraction of sp³-hybridized carbons (Fsp3) is 0.611. The van der Waals surface area contributed by atoms with E-state index in [0.717, 1.165) is 24.3 Å². The summed E-state index contributed by atoms with van der Waals surface area (Å²) in [6, 6.07) is 7.64. The molecule has 1 N–H and O–H groups in total. The third-order valence-electron chi connectivity index (χ3n) is 4.05. The minimum absolute atomic E-state index is 0.130. The van der Waals surface area contributed by atoms with Crippen molar-refractivity contribution in [3.63, 3.8) is 0 Å². The number of nitrogens with zero attached hydrogens (tertiary/aromatic N) is 1. The predicted molar refractivity (Wildman–Crippen MR) is 99.9 cm³/mol. The van der Waals surface area contributed by atoms with Crippen LogP contribution in [0.15, 0.2) is 24.3 Å². The summed E-state index contributed by atoms with van der Waals surface area (Å²) < 4.78 is 25.4. The van der Waals surface area contributed by atoms with Crippen molar-refractivity contribution in [2.75, 3.05) is 38.3 Å². The van der Waals surface area contributed by atoms with Crippen LogP contribution >= 0.6 is 0 Å². The number of hydrogen-bond donors (Lipinski definition) is 1. The molecule has 25 heavy (non-hydrogen) atoms. The Kier molecular flexibility index (Phi) is 6.98. The van der Waals surface area contributed by atoms with E-state index in [9.17, 15) is 9.00 Å². The third-order valence-corrected chi connectivity index (χ3v) is 5.66. The van der Waals surface area contributed by atoms with Crippen LogP contribution in [0.5, 0.6) is 0 Å². The number of rotatable bonds is 6. The highest BCUT2D eigenvalue weighted by molar-refractivity contribution is 7.84. The standard InChI is InChI=1S/C18H28N2O4S/c1-18(2,3)25(22)19-16(13-17(21)23-4)14-6-5-7-15(12-14)20-8-10-24-11-9-20/h5-7,12,16,19H,8-11,13H2,1-4H3/t16-,25?/m0/s1. The summed E-state index contributed by atoms with van der Waals surface area (Å²) in [4.78, 5) is 14.1. The lowest BCUT2D eigenvalue weighted by Gasteiger charge is -2.30. The van der Waals surface area contributed by atoms with Crippen LogP contribution < -0.4 is 9.62 Å². The van der Waals surface area contributed by atoms with Gasteiger partial charge in [0.05, 0.1) is 48.5 Å². The van der Waals surface area contributed by atoms with Crippen LogP contribution in [0.2, 0.25) is 0 Å². The third kappa shape index (κ3) is 5.80. The SMILES string of the molecule is COC(=O)C[C@H](NS(=O)C(C)(C)C)c1cccc(N2CCOCC2)c1. The molecule has 0 radical (unpaired) electrons. The van der Waals surface area contributed by atoms with Crippen molar-refractivity contribution < 1.29 is 18.5 Å². The van der Waals surface area contributed by atoms with E-state index in [1.54, 1.807) is 0 Å². The molecule has 0 saturated carbocycles. The minimum Gasteiger partial charge on any atom is -0.469 e. The van der Waals surface area contributed by atoms with Crippen molar-refractivity contribution in [2.24, 2.45) is 0 Å². The van der Waals surface area contributed by atoms with Gasteiger partial charge in [0, 0.05) is 18.8 Å². The van der Waals surface area contributed by atoms with Gasteiger partial charge in [-0.2, -0.15) is 0 Å². The minimum atomic E-state index is -1.29. The molecule has 2 rings (SSSR count). The number of hydrogen-bond acceptors (Lipinski definition) is 5. The molecule has 1 aromatic carbocycles. The van der Waals surface area contributed by atoms with Crippen LogP contribution in [-0.2, 0) is 25.3 Å². The normalized spacial score (nSPS) is 17.8. The molecule has 0 aliphatic carbocycles. The molecule has 2 atom stereocenters. The maximum atomic E-state index is 12.5. The number of anilines is 1. The Balaban J connectivity index is 2.23. The van der Waals surface area contributed by atoms with Crippen molar-refractivity contribution in [2.45, 2.75) is 38.0 Å². The average molecular weight is 368 g/mol. The second kappa shape index (κ2) is 8.78. The first-order chi connectivity index (χ1) is 11.8. The fourth-order valence-corrected chi connectivity index (χ4v) is 3.37. The molecule has 140 valence electrons. The van der Waals surface area contributed by atoms with E-state index in [2.05, 4.69) is 9.62 Å². The number of ether oxygens (including phenoxy) is 2. The maximum Gasteiger partial charge on any atom is 0.307 e. The van der Waals surface area contributed by atoms with Gasteiger partial charge in [-0.05, 0) is 38.5 Å². The van der Waals surface area contributed by atoms with E-state index >= 15 is 0 Å². The van der Waals surface area contributed by atoms with Gasteiger partial charge in [-0.15, -0.1) is 0 Å². The van der Waals surface area contributed by atoms with Crippen molar-refractivity contribution in [1.29, 1.82) is 0 Å². The van der Waals surface area contributed by atoms with Gasteiger partial charge in [0.25, 0.3) is 0 Å². The lowest BCUT2D eigenvalue weighted by atomic mass is 10.0. The Hall–Kier alpha value is -1.44. The highest BCUT2D eigenvalue weighted by Crippen LogP contribution is 2.25. The van der Waals surface area contributed by atoms with Crippen molar-refractivity contribution >= 4 is 22.6 Å². The Labute approximate surface area is 152 Å². The van der Waals surface area contributed by atoms with Crippen LogP contribution in [-0.4, -0.2) is 48.3 Å². The Morgan fingerprint density at radius 2 is 2.04 bits per heavy atom. The molecule has 0 aromatic heterocycles. The quantitative estimate of drug-likeness (QED) is 0.780. The van der Waals surface area contributed by atoms with Crippen LogP contribution in [0, 0.1) is 0 Å². The van der Waals surface area contributed by atoms with Crippen LogP contribution in [0.25, 0.3) is 0 Å². The van der Waals surface area contributed by atoms with Crippen LogP contribution in [0.4, 0.5) is 5.69 Å². The van der Waals surface area contributed by atoms with Gasteiger partial charge in [-0.3, -0.25) is 4.79 Å². The topological polar surface area (TPSA) is 67.9 Å². The van der Waals surface area contributed by atoms with Gasteiger partial charge < -0.3 is 14.4 Å². The molecule has 6 nitrogen and oxygen atoms in total. The van der Waals surface area contributed by atoms with Gasteiger partial charge in [-0.1, -0.05) is 12.1 Å². The molecular weight excluding hydrogens is 340 g/mol. The largest absolute Gasteiger partial charge is 0.469 e. The van der Waals surface area contributed by atoms with E-state index < -0.39 is 15.7 Å². The molecule has 1 fully saturated rings. The van der Waals surface area contributed by atoms with E-state index in [4.69, 9.17) is 9.47 Å². The molecule has 1 unspecified atom stereocenters. The van der Waals surface area contributed by atoms with E-state index in [1.807, 2.05) is 45.0 Å². The van der Waals surface area contributed by atoms with Gasteiger partial charge >= 0.3 is 5.97 Å². The highest BCUT2D eigenvalue weighted by atomic mass is 32.2. The zero-order valence-electron chi connectivity index (χ0n) is 15.4. The van der Waals surface area contributed by atoms with E-state index in [-0.39, 0.29) is 18.4 Å². The summed E-state index contributed by atoms with van der Waals surface area (Å²) in [5.74, 6) is -0.333. The van der Waals surface area contributed by atoms with Gasteiger partial charge in [-0.25, -0.2) is 8.93 Å². The second-order valence-corrected chi connectivity index (χ2v) is 9.02. The fourth-order valence-electron chi connectivity index (χ4n) is 2.54. The zero-order valence-corrected chi connectivity index (χ0v) is 16.2. The Bertz CT molecular complexity index is 609. The van der Waals surface area contributed by atoms with Crippen molar-refractivity contribution in [3.05, 3.63) is 29.8 Å². The number of methoxy groups -OCH3 is 1. The van der Waals surface area contributed by atoms with Gasteiger partial charge in [0.1, 0.15) is 0 Å². The number of carbonyl (C=O) groups excluding carboxylic acids is 1. The first kappa shape index (κ1) is 19.9. The molecule has 1 aliphatic rings. The smallest absolute Gasteiger partial charge is 0.307 e. The molecular formula is C18H28N2O4S. The molecule has 0 amide bonds. The summed E-state index contributed by atoms with van der Waals surface area (Å²) in [7, 11) is 0.0763. The van der Waals surface area contributed by atoms with Gasteiger partial charge in [0.2, 0.25) is 0 Å². The number of morpholine rings is 1. The monoisotopic (exact) mass is 368 g/mol. The van der Waals surface area contributed by atoms with Crippen molar-refractivity contribution in [3.8, 4) is 0 Å². The molecule has 1 saturated heterocycles. The molecule has 0 spiro atoms. The molecule has 1 aromatic rings. The zero-order chi connectivity index (χ0) is 18.4. The van der Waals surface area contributed by atoms with E-state index in [1.165, 1.54) is 7.11 Å². The molecule has 0 bridgehead atoms. The van der Waals surface area contributed by atoms with Gasteiger partial charge in [0.15, 0.2) is 0 Å². The number of nitrogens with one attached hydrogen (secondary N) is 1. The summed E-state index contributed by atoms with van der Waals surface area (Å²) in [6.07, 6.45) is 0.130. The summed E-state index contributed by atoms with van der Waals surface area (Å²) in [6.45, 7) is 8.80. The Morgan fingerprint density at radius 3 is 2.64 bits per heavy atom. The molecule has 1 aliphatic heterocycles. The second-order valence-electron chi connectivity index (χ2n) is 7.03.